The van der Waals surface area contributed by atoms with Crippen LogP contribution in [0, 0.1) is 6.92 Å². The molecule has 130 valence electrons. The highest BCUT2D eigenvalue weighted by atomic mass is 32.1. The van der Waals surface area contributed by atoms with Gasteiger partial charge in [0.1, 0.15) is 5.82 Å². The van der Waals surface area contributed by atoms with Gasteiger partial charge in [0.15, 0.2) is 5.69 Å². The second kappa shape index (κ2) is 7.48. The minimum Gasteiger partial charge on any atom is -0.383 e. The second-order valence-electron chi connectivity index (χ2n) is 5.48. The van der Waals surface area contributed by atoms with Crippen molar-refractivity contribution in [3.05, 3.63) is 42.7 Å². The van der Waals surface area contributed by atoms with Crippen LogP contribution in [0.15, 0.2) is 21.0 Å². The number of aromatic nitrogens is 2. The highest BCUT2D eigenvalue weighted by Crippen LogP contribution is 2.23. The lowest BCUT2D eigenvalue weighted by Crippen LogP contribution is -2.41. The number of aromatic amines is 1. The van der Waals surface area contributed by atoms with E-state index in [1.54, 1.807) is 6.92 Å². The molecule has 0 spiro atoms. The minimum absolute atomic E-state index is 0.0293. The molecule has 1 amide bonds. The van der Waals surface area contributed by atoms with Crippen molar-refractivity contribution in [1.82, 2.24) is 9.55 Å². The van der Waals surface area contributed by atoms with Gasteiger partial charge in [-0.15, -0.1) is 11.3 Å². The van der Waals surface area contributed by atoms with Crippen molar-refractivity contribution in [3.63, 3.8) is 0 Å². The van der Waals surface area contributed by atoms with Crippen molar-refractivity contribution in [2.24, 2.45) is 0 Å². The zero-order valence-electron chi connectivity index (χ0n) is 14.1. The van der Waals surface area contributed by atoms with E-state index in [9.17, 15) is 14.4 Å². The molecule has 0 aliphatic heterocycles. The first kappa shape index (κ1) is 18.0. The Kier molecular flexibility index (Phi) is 5.61. The third-order valence-corrected chi connectivity index (χ3v) is 4.84. The Labute approximate surface area is 143 Å². The van der Waals surface area contributed by atoms with Crippen LogP contribution in [0.3, 0.4) is 0 Å². The number of nitrogens with two attached hydrogens (primary N) is 1. The molecule has 7 nitrogen and oxygen atoms in total. The van der Waals surface area contributed by atoms with E-state index in [0.29, 0.717) is 11.4 Å². The number of hydrogen-bond donors (Lipinski definition) is 2. The van der Waals surface area contributed by atoms with Crippen LogP contribution in [0.25, 0.3) is 0 Å². The van der Waals surface area contributed by atoms with E-state index in [4.69, 9.17) is 5.73 Å². The highest BCUT2D eigenvalue weighted by molar-refractivity contribution is 7.12. The molecule has 0 aromatic carbocycles. The lowest BCUT2D eigenvalue weighted by atomic mass is 10.2. The summed E-state index contributed by atoms with van der Waals surface area (Å²) in [5, 5.41) is 1.83. The average Bonchev–Trinajstić information content (AvgIpc) is 2.96. The van der Waals surface area contributed by atoms with Gasteiger partial charge in [0.2, 0.25) is 0 Å². The topological polar surface area (TPSA) is 101 Å². The number of amides is 1. The zero-order chi connectivity index (χ0) is 17.9. The first-order valence-electron chi connectivity index (χ1n) is 7.90. The summed E-state index contributed by atoms with van der Waals surface area (Å²) in [7, 11) is 0. The lowest BCUT2D eigenvalue weighted by Gasteiger charge is -2.23. The number of rotatable bonds is 6. The molecule has 8 heteroatoms. The number of nitrogens with zero attached hydrogens (tertiary/aromatic N) is 2. The third kappa shape index (κ3) is 3.28. The van der Waals surface area contributed by atoms with Crippen LogP contribution in [0.4, 0.5) is 11.5 Å². The minimum atomic E-state index is -0.644. The zero-order valence-corrected chi connectivity index (χ0v) is 14.9. The van der Waals surface area contributed by atoms with Crippen molar-refractivity contribution in [2.45, 2.75) is 40.2 Å². The summed E-state index contributed by atoms with van der Waals surface area (Å²) in [6, 6.07) is 1.85. The Morgan fingerprint density at radius 3 is 2.62 bits per heavy atom. The van der Waals surface area contributed by atoms with Crippen LogP contribution >= 0.6 is 11.3 Å². The maximum atomic E-state index is 12.8. The number of aryl methyl sites for hydroxylation is 1. The normalized spacial score (nSPS) is 10.8. The van der Waals surface area contributed by atoms with Crippen molar-refractivity contribution in [2.75, 3.05) is 17.2 Å². The molecule has 0 saturated heterocycles. The van der Waals surface area contributed by atoms with E-state index in [0.717, 1.165) is 18.4 Å². The standard InChI is InChI=1S/C16H22N4O3S/c1-4-6-8-20-13(17)11(14(21)18-16(20)23)19(5-2)15(22)12-10(3)7-9-24-12/h7,9H,4-6,8,17H2,1-3H3,(H,18,21,23). The van der Waals surface area contributed by atoms with E-state index in [1.165, 1.54) is 20.8 Å². The van der Waals surface area contributed by atoms with Gasteiger partial charge in [-0.25, -0.2) is 4.79 Å². The summed E-state index contributed by atoms with van der Waals surface area (Å²) >= 11 is 1.32. The van der Waals surface area contributed by atoms with E-state index < -0.39 is 11.2 Å². The number of hydrogen-bond acceptors (Lipinski definition) is 5. The number of nitrogen functional groups attached to an aromatic ring is 1. The summed E-state index contributed by atoms with van der Waals surface area (Å²) < 4.78 is 1.32. The van der Waals surface area contributed by atoms with Gasteiger partial charge in [0.25, 0.3) is 11.5 Å². The first-order chi connectivity index (χ1) is 11.4. The molecule has 3 N–H and O–H groups in total. The maximum Gasteiger partial charge on any atom is 0.330 e. The fraction of sp³-hybridized carbons (Fsp3) is 0.438. The maximum absolute atomic E-state index is 12.8. The van der Waals surface area contributed by atoms with Crippen molar-refractivity contribution in [3.8, 4) is 0 Å². The number of unbranched alkanes of at least 4 members (excludes halogenated alkanes) is 1. The van der Waals surface area contributed by atoms with Crippen LogP contribution in [-0.4, -0.2) is 22.0 Å². The largest absolute Gasteiger partial charge is 0.383 e. The summed E-state index contributed by atoms with van der Waals surface area (Å²) in [5.74, 6) is -0.260. The average molecular weight is 350 g/mol. The Balaban J connectivity index is 2.56. The lowest BCUT2D eigenvalue weighted by molar-refractivity contribution is 0.0991. The Hall–Kier alpha value is -2.35. The molecule has 0 atom stereocenters. The van der Waals surface area contributed by atoms with Crippen molar-refractivity contribution >= 4 is 28.7 Å². The van der Waals surface area contributed by atoms with Crippen molar-refractivity contribution in [1.29, 1.82) is 0 Å². The van der Waals surface area contributed by atoms with Crippen LogP contribution in [0.2, 0.25) is 0 Å². The second-order valence-corrected chi connectivity index (χ2v) is 6.40. The molecular weight excluding hydrogens is 328 g/mol. The Morgan fingerprint density at radius 2 is 2.08 bits per heavy atom. The molecule has 0 radical (unpaired) electrons. The van der Waals surface area contributed by atoms with Gasteiger partial charge >= 0.3 is 5.69 Å². The molecule has 0 unspecified atom stereocenters. The molecule has 0 saturated carbocycles. The number of carbonyl (C=O) groups is 1. The van der Waals surface area contributed by atoms with Crippen LogP contribution in [-0.2, 0) is 6.54 Å². The molecule has 0 bridgehead atoms. The van der Waals surface area contributed by atoms with Crippen molar-refractivity contribution < 1.29 is 4.79 Å². The van der Waals surface area contributed by atoms with Gasteiger partial charge in [-0.2, -0.15) is 0 Å². The molecule has 2 aromatic heterocycles. The quantitative estimate of drug-likeness (QED) is 0.831. The monoisotopic (exact) mass is 350 g/mol. The number of anilines is 2. The molecule has 2 aromatic rings. The molecule has 24 heavy (non-hydrogen) atoms. The predicted octanol–water partition coefficient (Wildman–Crippen LogP) is 1.96. The first-order valence-corrected chi connectivity index (χ1v) is 8.78. The fourth-order valence-corrected chi connectivity index (χ4v) is 3.37. The SMILES string of the molecule is CCCCn1c(N)c(N(CC)C(=O)c2sccc2C)c(=O)[nH]c1=O. The van der Waals surface area contributed by atoms with Gasteiger partial charge in [0, 0.05) is 13.1 Å². The summed E-state index contributed by atoms with van der Waals surface area (Å²) in [4.78, 5) is 41.3. The summed E-state index contributed by atoms with van der Waals surface area (Å²) in [5.41, 5.74) is 5.77. The van der Waals surface area contributed by atoms with E-state index in [1.807, 2.05) is 25.3 Å². The molecule has 0 aliphatic rings. The van der Waals surface area contributed by atoms with E-state index >= 15 is 0 Å². The van der Waals surface area contributed by atoms with Gasteiger partial charge in [-0.3, -0.25) is 19.1 Å². The number of H-pyrrole nitrogens is 1. The molecule has 2 heterocycles. The molecule has 0 aliphatic carbocycles. The van der Waals surface area contributed by atoms with Crippen LogP contribution < -0.4 is 21.9 Å². The van der Waals surface area contributed by atoms with E-state index in [-0.39, 0.29) is 24.0 Å². The highest BCUT2D eigenvalue weighted by Gasteiger charge is 2.25. The van der Waals surface area contributed by atoms with Gasteiger partial charge in [-0.05, 0) is 37.3 Å². The van der Waals surface area contributed by atoms with Gasteiger partial charge in [-0.1, -0.05) is 13.3 Å². The number of nitrogens with one attached hydrogen (secondary N) is 1. The van der Waals surface area contributed by atoms with Crippen LogP contribution in [0.5, 0.6) is 0 Å². The number of thiophene rings is 1. The smallest absolute Gasteiger partial charge is 0.330 e. The summed E-state index contributed by atoms with van der Waals surface area (Å²) in [6.45, 7) is 6.27. The Bertz CT molecular complexity index is 850. The molecule has 2 rings (SSSR count). The van der Waals surface area contributed by atoms with Crippen LogP contribution in [0.1, 0.15) is 41.9 Å². The fourth-order valence-electron chi connectivity index (χ4n) is 2.49. The van der Waals surface area contributed by atoms with Gasteiger partial charge in [0.05, 0.1) is 4.88 Å². The molecular formula is C16H22N4O3S. The number of carbonyl (C=O) groups excluding carboxylic acids is 1. The molecule has 0 fully saturated rings. The summed E-state index contributed by atoms with van der Waals surface area (Å²) in [6.07, 6.45) is 1.63. The Morgan fingerprint density at radius 1 is 1.38 bits per heavy atom. The predicted molar refractivity (Wildman–Crippen MR) is 97.0 cm³/mol. The van der Waals surface area contributed by atoms with E-state index in [2.05, 4.69) is 4.98 Å². The third-order valence-electron chi connectivity index (χ3n) is 3.84. The van der Waals surface area contributed by atoms with Gasteiger partial charge < -0.3 is 10.6 Å².